The first kappa shape index (κ1) is 9.73. The van der Waals surface area contributed by atoms with Crippen molar-refractivity contribution in [3.63, 3.8) is 0 Å². The fraction of sp³-hybridized carbons (Fsp3) is 0.182. The smallest absolute Gasteiger partial charge is 0.140 e. The van der Waals surface area contributed by atoms with Gasteiger partial charge in [-0.15, -0.1) is 0 Å². The van der Waals surface area contributed by atoms with Crippen LogP contribution in [0.5, 0.6) is 0 Å². The number of nitrogens with two attached hydrogens (primary N) is 1. The number of nitrogens with zero attached hydrogens (tertiary/aromatic N) is 1. The van der Waals surface area contributed by atoms with Gasteiger partial charge in [0.2, 0.25) is 0 Å². The van der Waals surface area contributed by atoms with E-state index >= 15 is 0 Å². The largest absolute Gasteiger partial charge is 0.466 e. The SMILES string of the molecule is Cc1ccnc(N)c1C(O)c1ccco1. The number of hydrogen-bond donors (Lipinski definition) is 2. The van der Waals surface area contributed by atoms with Crippen molar-refractivity contribution in [1.82, 2.24) is 4.98 Å². The summed E-state index contributed by atoms with van der Waals surface area (Å²) in [5.41, 5.74) is 7.21. The third kappa shape index (κ3) is 1.71. The van der Waals surface area contributed by atoms with Crippen LogP contribution < -0.4 is 5.73 Å². The van der Waals surface area contributed by atoms with E-state index in [1.807, 2.05) is 6.92 Å². The molecule has 1 unspecified atom stereocenters. The number of aliphatic hydroxyl groups is 1. The summed E-state index contributed by atoms with van der Waals surface area (Å²) in [6.07, 6.45) is 2.28. The number of aryl methyl sites for hydroxylation is 1. The Morgan fingerprint density at radius 2 is 2.27 bits per heavy atom. The number of rotatable bonds is 2. The van der Waals surface area contributed by atoms with Gasteiger partial charge in [-0.05, 0) is 30.7 Å². The van der Waals surface area contributed by atoms with E-state index in [4.69, 9.17) is 10.2 Å². The molecule has 15 heavy (non-hydrogen) atoms. The minimum atomic E-state index is -0.853. The first-order valence-corrected chi connectivity index (χ1v) is 4.62. The van der Waals surface area contributed by atoms with E-state index in [0.29, 0.717) is 17.1 Å². The maximum atomic E-state index is 10.0. The van der Waals surface area contributed by atoms with Gasteiger partial charge in [0, 0.05) is 11.8 Å². The Kier molecular flexibility index (Phi) is 2.43. The number of aliphatic hydroxyl groups excluding tert-OH is 1. The van der Waals surface area contributed by atoms with E-state index in [9.17, 15) is 5.11 Å². The first-order valence-electron chi connectivity index (χ1n) is 4.62. The fourth-order valence-corrected chi connectivity index (χ4v) is 1.54. The van der Waals surface area contributed by atoms with Crippen LogP contribution in [-0.2, 0) is 0 Å². The summed E-state index contributed by atoms with van der Waals surface area (Å²) in [4.78, 5) is 3.95. The van der Waals surface area contributed by atoms with Gasteiger partial charge in [0.15, 0.2) is 0 Å². The first-order chi connectivity index (χ1) is 7.20. The molecule has 0 aromatic carbocycles. The highest BCUT2D eigenvalue weighted by molar-refractivity contribution is 5.47. The Morgan fingerprint density at radius 3 is 2.87 bits per heavy atom. The minimum Gasteiger partial charge on any atom is -0.466 e. The molecular formula is C11H12N2O2. The van der Waals surface area contributed by atoms with Crippen molar-refractivity contribution >= 4 is 5.82 Å². The lowest BCUT2D eigenvalue weighted by Crippen LogP contribution is -2.06. The van der Waals surface area contributed by atoms with Crippen LogP contribution >= 0.6 is 0 Å². The van der Waals surface area contributed by atoms with E-state index in [2.05, 4.69) is 4.98 Å². The maximum absolute atomic E-state index is 10.0. The number of anilines is 1. The molecule has 78 valence electrons. The molecule has 0 aliphatic heterocycles. The molecule has 1 atom stereocenters. The van der Waals surface area contributed by atoms with Crippen molar-refractivity contribution in [3.8, 4) is 0 Å². The van der Waals surface area contributed by atoms with E-state index in [0.717, 1.165) is 5.56 Å². The van der Waals surface area contributed by atoms with Crippen molar-refractivity contribution in [2.24, 2.45) is 0 Å². The molecule has 0 saturated carbocycles. The van der Waals surface area contributed by atoms with Gasteiger partial charge in [0.25, 0.3) is 0 Å². The van der Waals surface area contributed by atoms with Crippen molar-refractivity contribution in [2.45, 2.75) is 13.0 Å². The zero-order valence-corrected chi connectivity index (χ0v) is 8.34. The van der Waals surface area contributed by atoms with Crippen LogP contribution in [0.25, 0.3) is 0 Å². The number of nitrogen functional groups attached to an aromatic ring is 1. The lowest BCUT2D eigenvalue weighted by Gasteiger charge is -2.12. The quantitative estimate of drug-likeness (QED) is 0.780. The maximum Gasteiger partial charge on any atom is 0.140 e. The second kappa shape index (κ2) is 3.74. The summed E-state index contributed by atoms with van der Waals surface area (Å²) in [5, 5.41) is 10.0. The fourth-order valence-electron chi connectivity index (χ4n) is 1.54. The third-order valence-electron chi connectivity index (χ3n) is 2.33. The summed E-state index contributed by atoms with van der Waals surface area (Å²) < 4.78 is 5.13. The Balaban J connectivity index is 2.46. The van der Waals surface area contributed by atoms with Gasteiger partial charge >= 0.3 is 0 Å². The van der Waals surface area contributed by atoms with E-state index < -0.39 is 6.10 Å². The van der Waals surface area contributed by atoms with Gasteiger partial charge in [-0.1, -0.05) is 0 Å². The zero-order valence-electron chi connectivity index (χ0n) is 8.34. The second-order valence-electron chi connectivity index (χ2n) is 3.34. The Labute approximate surface area is 87.4 Å². The molecule has 2 heterocycles. The summed E-state index contributed by atoms with van der Waals surface area (Å²) in [7, 11) is 0. The van der Waals surface area contributed by atoms with Gasteiger partial charge < -0.3 is 15.3 Å². The molecule has 4 nitrogen and oxygen atoms in total. The monoisotopic (exact) mass is 204 g/mol. The number of pyridine rings is 1. The average molecular weight is 204 g/mol. The second-order valence-corrected chi connectivity index (χ2v) is 3.34. The van der Waals surface area contributed by atoms with Crippen LogP contribution in [0.4, 0.5) is 5.82 Å². The number of aromatic nitrogens is 1. The molecular weight excluding hydrogens is 192 g/mol. The van der Waals surface area contributed by atoms with Gasteiger partial charge in [-0.2, -0.15) is 0 Å². The van der Waals surface area contributed by atoms with Crippen LogP contribution in [0.2, 0.25) is 0 Å². The van der Waals surface area contributed by atoms with E-state index in [1.54, 1.807) is 24.4 Å². The van der Waals surface area contributed by atoms with Crippen molar-refractivity contribution in [2.75, 3.05) is 5.73 Å². The molecule has 0 aliphatic carbocycles. The Hall–Kier alpha value is -1.81. The topological polar surface area (TPSA) is 72.3 Å². The molecule has 2 aromatic heterocycles. The summed E-state index contributed by atoms with van der Waals surface area (Å²) in [6, 6.07) is 5.23. The molecule has 0 saturated heterocycles. The summed E-state index contributed by atoms with van der Waals surface area (Å²) in [5.74, 6) is 0.803. The van der Waals surface area contributed by atoms with E-state index in [-0.39, 0.29) is 0 Å². The summed E-state index contributed by atoms with van der Waals surface area (Å²) in [6.45, 7) is 1.87. The van der Waals surface area contributed by atoms with Gasteiger partial charge in [-0.3, -0.25) is 0 Å². The lowest BCUT2D eigenvalue weighted by molar-refractivity contribution is 0.189. The Morgan fingerprint density at radius 1 is 1.47 bits per heavy atom. The van der Waals surface area contributed by atoms with Crippen molar-refractivity contribution in [3.05, 3.63) is 47.5 Å². The molecule has 0 fully saturated rings. The molecule has 3 N–H and O–H groups in total. The summed E-state index contributed by atoms with van der Waals surface area (Å²) >= 11 is 0. The van der Waals surface area contributed by atoms with Crippen LogP contribution in [0, 0.1) is 6.92 Å². The molecule has 2 aromatic rings. The van der Waals surface area contributed by atoms with Gasteiger partial charge in [0.05, 0.1) is 6.26 Å². The van der Waals surface area contributed by atoms with Gasteiger partial charge in [0.1, 0.15) is 17.7 Å². The predicted molar refractivity (Wildman–Crippen MR) is 56.2 cm³/mol. The molecule has 4 heteroatoms. The number of furan rings is 1. The van der Waals surface area contributed by atoms with Crippen LogP contribution in [0.1, 0.15) is 23.0 Å². The number of hydrogen-bond acceptors (Lipinski definition) is 4. The standard InChI is InChI=1S/C11H12N2O2/c1-7-4-5-13-11(12)9(7)10(14)8-3-2-6-15-8/h2-6,10,14H,1H3,(H2,12,13). The Bertz CT molecular complexity index is 431. The minimum absolute atomic E-state index is 0.332. The molecule has 0 spiro atoms. The molecule has 2 rings (SSSR count). The van der Waals surface area contributed by atoms with Crippen molar-refractivity contribution < 1.29 is 9.52 Å². The van der Waals surface area contributed by atoms with Crippen LogP contribution in [-0.4, -0.2) is 10.1 Å². The average Bonchev–Trinajstić information content (AvgIpc) is 2.69. The molecule has 0 aliphatic rings. The molecule has 0 radical (unpaired) electrons. The highest BCUT2D eigenvalue weighted by Gasteiger charge is 2.18. The van der Waals surface area contributed by atoms with Crippen LogP contribution in [0.3, 0.4) is 0 Å². The molecule has 0 bridgehead atoms. The zero-order chi connectivity index (χ0) is 10.8. The van der Waals surface area contributed by atoms with Crippen LogP contribution in [0.15, 0.2) is 35.1 Å². The third-order valence-corrected chi connectivity index (χ3v) is 2.33. The molecule has 0 amide bonds. The van der Waals surface area contributed by atoms with Crippen molar-refractivity contribution in [1.29, 1.82) is 0 Å². The highest BCUT2D eigenvalue weighted by atomic mass is 16.4. The van der Waals surface area contributed by atoms with Gasteiger partial charge in [-0.25, -0.2) is 4.98 Å². The lowest BCUT2D eigenvalue weighted by atomic mass is 10.0. The van der Waals surface area contributed by atoms with E-state index in [1.165, 1.54) is 6.26 Å². The predicted octanol–water partition coefficient (Wildman–Crippen LogP) is 1.65. The highest BCUT2D eigenvalue weighted by Crippen LogP contribution is 2.28. The normalized spacial score (nSPS) is 12.7.